The number of carbonyl (C=O) groups is 1. The fraction of sp³-hybridized carbons (Fsp3) is 0.462. The molecule has 0 radical (unpaired) electrons. The molecule has 1 aromatic carbocycles. The molecule has 1 saturated heterocycles. The predicted octanol–water partition coefficient (Wildman–Crippen LogP) is 5.81. The van der Waals surface area contributed by atoms with Crippen LogP contribution in [0, 0.1) is 17.8 Å². The van der Waals surface area contributed by atoms with Crippen molar-refractivity contribution in [3.63, 3.8) is 0 Å². The van der Waals surface area contributed by atoms with E-state index >= 15 is 0 Å². The Morgan fingerprint density at radius 1 is 1.15 bits per heavy atom. The minimum absolute atomic E-state index is 0.180. The summed E-state index contributed by atoms with van der Waals surface area (Å²) in [5.41, 5.74) is 3.26. The maximum atomic E-state index is 13.4. The molecular weight excluding hydrogens is 466 g/mol. The number of nitrogens with zero attached hydrogens (tertiary/aromatic N) is 5. The highest BCUT2D eigenvalue weighted by atomic mass is 35.5. The second-order valence-corrected chi connectivity index (χ2v) is 12.1. The molecule has 3 heterocycles. The van der Waals surface area contributed by atoms with E-state index < -0.39 is 0 Å². The first-order valence-electron chi connectivity index (χ1n) is 11.7. The maximum Gasteiger partial charge on any atom is 0.233 e. The number of carbonyl (C=O) groups excluding carboxylic acids is 1. The lowest BCUT2D eigenvalue weighted by Gasteiger charge is -2.39. The molecule has 0 N–H and O–H groups in total. The molecule has 2 fully saturated rings. The molecule has 34 heavy (non-hydrogen) atoms. The largest absolute Gasteiger partial charge is 0.338 e. The zero-order chi connectivity index (χ0) is 24.1. The fourth-order valence-corrected chi connectivity index (χ4v) is 7.07. The fourth-order valence-electron chi connectivity index (χ4n) is 6.07. The number of rotatable bonds is 5. The van der Waals surface area contributed by atoms with Crippen molar-refractivity contribution in [2.75, 3.05) is 12.3 Å². The molecule has 3 aromatic rings. The van der Waals surface area contributed by atoms with Crippen molar-refractivity contribution in [3.8, 4) is 17.1 Å². The number of halogens is 1. The molecule has 178 valence electrons. The van der Waals surface area contributed by atoms with Crippen LogP contribution in [-0.4, -0.2) is 48.9 Å². The Bertz CT molecular complexity index is 1230. The summed E-state index contributed by atoms with van der Waals surface area (Å²) in [4.78, 5) is 19.6. The third kappa shape index (κ3) is 4.36. The molecule has 1 aliphatic heterocycles. The van der Waals surface area contributed by atoms with E-state index in [0.717, 1.165) is 36.2 Å². The van der Waals surface area contributed by atoms with E-state index in [4.69, 9.17) is 11.6 Å². The number of hydrogen-bond acceptors (Lipinski definition) is 5. The first-order valence-corrected chi connectivity index (χ1v) is 13.1. The van der Waals surface area contributed by atoms with Crippen molar-refractivity contribution in [3.05, 3.63) is 53.3 Å². The Morgan fingerprint density at radius 2 is 1.91 bits per heavy atom. The van der Waals surface area contributed by atoms with E-state index in [-0.39, 0.29) is 16.7 Å². The van der Waals surface area contributed by atoms with Gasteiger partial charge in [-0.3, -0.25) is 14.3 Å². The smallest absolute Gasteiger partial charge is 0.233 e. The lowest BCUT2D eigenvalue weighted by Crippen LogP contribution is -2.38. The van der Waals surface area contributed by atoms with E-state index in [1.165, 1.54) is 18.2 Å². The van der Waals surface area contributed by atoms with Gasteiger partial charge >= 0.3 is 0 Å². The molecule has 6 nitrogen and oxygen atoms in total. The van der Waals surface area contributed by atoms with Crippen molar-refractivity contribution >= 4 is 29.3 Å². The molecule has 2 bridgehead atoms. The van der Waals surface area contributed by atoms with Crippen LogP contribution >= 0.6 is 23.4 Å². The van der Waals surface area contributed by atoms with E-state index in [0.29, 0.717) is 27.8 Å². The normalized spacial score (nSPS) is 23.3. The highest BCUT2D eigenvalue weighted by molar-refractivity contribution is 7.99. The van der Waals surface area contributed by atoms with Gasteiger partial charge in [0, 0.05) is 35.6 Å². The molecule has 1 saturated carbocycles. The number of amides is 1. The van der Waals surface area contributed by atoms with Crippen LogP contribution in [-0.2, 0) is 4.79 Å². The van der Waals surface area contributed by atoms with Gasteiger partial charge in [-0.15, -0.1) is 10.2 Å². The molecule has 1 aliphatic carbocycles. The lowest BCUT2D eigenvalue weighted by molar-refractivity contribution is -0.129. The number of thioether (sulfide) groups is 1. The Hall–Kier alpha value is -2.38. The summed E-state index contributed by atoms with van der Waals surface area (Å²) in [6.45, 7) is 9.83. The van der Waals surface area contributed by atoms with Crippen molar-refractivity contribution < 1.29 is 4.79 Å². The molecular formula is C26H30ClN5OS. The number of aromatic nitrogens is 4. The predicted molar refractivity (Wildman–Crippen MR) is 136 cm³/mol. The van der Waals surface area contributed by atoms with Gasteiger partial charge in [-0.1, -0.05) is 50.2 Å². The lowest BCUT2D eigenvalue weighted by atomic mass is 9.65. The zero-order valence-corrected chi connectivity index (χ0v) is 21.7. The highest BCUT2D eigenvalue weighted by Gasteiger charge is 2.50. The quantitative estimate of drug-likeness (QED) is 0.418. The highest BCUT2D eigenvalue weighted by Crippen LogP contribution is 2.52. The molecule has 2 unspecified atom stereocenters. The second-order valence-electron chi connectivity index (χ2n) is 10.8. The van der Waals surface area contributed by atoms with Crippen molar-refractivity contribution in [2.45, 2.75) is 58.2 Å². The Kier molecular flexibility index (Phi) is 5.97. The summed E-state index contributed by atoms with van der Waals surface area (Å²) in [6.07, 6.45) is 6.83. The monoisotopic (exact) mass is 495 g/mol. The van der Waals surface area contributed by atoms with Gasteiger partial charge < -0.3 is 4.90 Å². The average Bonchev–Trinajstić information content (AvgIpc) is 3.31. The molecule has 2 atom stereocenters. The van der Waals surface area contributed by atoms with Gasteiger partial charge in [0.25, 0.3) is 0 Å². The number of fused-ring (bicyclic) bond motifs is 2. The summed E-state index contributed by atoms with van der Waals surface area (Å²) < 4.78 is 2.00. The number of benzene rings is 1. The van der Waals surface area contributed by atoms with Gasteiger partial charge in [0.15, 0.2) is 11.0 Å². The van der Waals surface area contributed by atoms with E-state index in [2.05, 4.69) is 40.9 Å². The van der Waals surface area contributed by atoms with Crippen LogP contribution in [0.25, 0.3) is 17.1 Å². The molecule has 2 aliphatic rings. The number of pyridine rings is 1. The van der Waals surface area contributed by atoms with E-state index in [1.807, 2.05) is 41.8 Å². The number of likely N-dealkylation sites (tertiary alicyclic amines) is 1. The summed E-state index contributed by atoms with van der Waals surface area (Å²) >= 11 is 7.89. The van der Waals surface area contributed by atoms with Crippen LogP contribution < -0.4 is 0 Å². The molecule has 5 rings (SSSR count). The van der Waals surface area contributed by atoms with Gasteiger partial charge in [-0.2, -0.15) is 0 Å². The van der Waals surface area contributed by atoms with Crippen LogP contribution in [0.3, 0.4) is 0 Å². The molecule has 2 aromatic heterocycles. The maximum absolute atomic E-state index is 13.4. The van der Waals surface area contributed by atoms with Gasteiger partial charge in [-0.05, 0) is 66.8 Å². The summed E-state index contributed by atoms with van der Waals surface area (Å²) in [5.74, 6) is 1.22. The van der Waals surface area contributed by atoms with Crippen LogP contribution in [0.15, 0.2) is 47.9 Å². The third-order valence-corrected chi connectivity index (χ3v) is 8.43. The Morgan fingerprint density at radius 3 is 2.68 bits per heavy atom. The van der Waals surface area contributed by atoms with Crippen molar-refractivity contribution in [2.24, 2.45) is 10.8 Å². The minimum atomic E-state index is 0.180. The van der Waals surface area contributed by atoms with Gasteiger partial charge in [-0.25, -0.2) is 0 Å². The molecule has 1 amide bonds. The minimum Gasteiger partial charge on any atom is -0.338 e. The average molecular weight is 496 g/mol. The topological polar surface area (TPSA) is 63.9 Å². The first-order chi connectivity index (χ1) is 16.2. The van der Waals surface area contributed by atoms with Gasteiger partial charge in [0.1, 0.15) is 0 Å². The Balaban J connectivity index is 1.43. The van der Waals surface area contributed by atoms with Crippen LogP contribution in [0.4, 0.5) is 0 Å². The standard InChI is InChI=1S/C26H30ClN5OS/c1-17-20(27)6-5-7-21(17)32-23(18-8-10-28-11-9-18)29-30-24(32)34-14-22(33)31-16-26(4)13-19(31)12-25(2,3)15-26/h5-11,19H,12-16H2,1-4H3. The number of hydrogen-bond donors (Lipinski definition) is 0. The van der Waals surface area contributed by atoms with Gasteiger partial charge in [0.2, 0.25) is 5.91 Å². The van der Waals surface area contributed by atoms with Crippen LogP contribution in [0.5, 0.6) is 0 Å². The molecule has 0 spiro atoms. The summed E-state index contributed by atoms with van der Waals surface area (Å²) in [5, 5.41) is 10.3. The van der Waals surface area contributed by atoms with E-state index in [9.17, 15) is 4.79 Å². The first kappa shape index (κ1) is 23.4. The summed E-state index contributed by atoms with van der Waals surface area (Å²) in [6, 6.07) is 9.96. The van der Waals surface area contributed by atoms with Crippen LogP contribution in [0.2, 0.25) is 5.02 Å². The van der Waals surface area contributed by atoms with Crippen molar-refractivity contribution in [1.29, 1.82) is 0 Å². The van der Waals surface area contributed by atoms with Crippen molar-refractivity contribution in [1.82, 2.24) is 24.6 Å². The Labute approximate surface area is 210 Å². The van der Waals surface area contributed by atoms with Gasteiger partial charge in [0.05, 0.1) is 11.4 Å². The van der Waals surface area contributed by atoms with E-state index in [1.54, 1.807) is 12.4 Å². The zero-order valence-electron chi connectivity index (χ0n) is 20.1. The SMILES string of the molecule is Cc1c(Cl)cccc1-n1c(SCC(=O)N2CC3(C)CC2CC(C)(C)C3)nnc1-c1ccncc1. The summed E-state index contributed by atoms with van der Waals surface area (Å²) in [7, 11) is 0. The molecule has 8 heteroatoms. The van der Waals surface area contributed by atoms with Crippen LogP contribution in [0.1, 0.15) is 45.6 Å². The third-order valence-electron chi connectivity index (χ3n) is 7.11. The second kappa shape index (κ2) is 8.68.